The SMILES string of the molecule is B.Cc1nc(N)sc1C. The predicted octanol–water partition coefficient (Wildman–Crippen LogP) is 0.158. The minimum absolute atomic E-state index is 0. The molecule has 50 valence electrons. The molecule has 0 amide bonds. The number of hydrogen-bond donors (Lipinski definition) is 1. The summed E-state index contributed by atoms with van der Waals surface area (Å²) in [7, 11) is 0. The molecule has 0 aliphatic rings. The Morgan fingerprint density at radius 3 is 2.11 bits per heavy atom. The highest BCUT2D eigenvalue weighted by molar-refractivity contribution is 7.15. The van der Waals surface area contributed by atoms with E-state index in [0.29, 0.717) is 5.13 Å². The van der Waals surface area contributed by atoms with Crippen molar-refractivity contribution in [2.24, 2.45) is 0 Å². The van der Waals surface area contributed by atoms with Gasteiger partial charge in [-0.25, -0.2) is 4.98 Å². The van der Waals surface area contributed by atoms with E-state index in [1.807, 2.05) is 13.8 Å². The Kier molecular flexibility index (Phi) is 2.71. The Hall–Kier alpha value is -0.505. The van der Waals surface area contributed by atoms with Gasteiger partial charge in [0.05, 0.1) is 14.1 Å². The molecule has 0 fully saturated rings. The van der Waals surface area contributed by atoms with E-state index in [9.17, 15) is 0 Å². The average molecular weight is 142 g/mol. The van der Waals surface area contributed by atoms with Crippen molar-refractivity contribution in [2.75, 3.05) is 5.73 Å². The second kappa shape index (κ2) is 2.87. The fourth-order valence-corrected chi connectivity index (χ4v) is 1.19. The number of rotatable bonds is 0. The third-order valence-corrected chi connectivity index (χ3v) is 1.95. The van der Waals surface area contributed by atoms with Gasteiger partial charge in [-0.2, -0.15) is 0 Å². The fraction of sp³-hybridized carbons (Fsp3) is 0.400. The van der Waals surface area contributed by atoms with Crippen molar-refractivity contribution in [1.29, 1.82) is 0 Å². The summed E-state index contributed by atoms with van der Waals surface area (Å²) in [5.41, 5.74) is 6.44. The minimum atomic E-state index is 0. The molecule has 2 nitrogen and oxygen atoms in total. The molecule has 1 heterocycles. The van der Waals surface area contributed by atoms with E-state index in [-0.39, 0.29) is 8.41 Å². The van der Waals surface area contributed by atoms with Crippen LogP contribution in [0.5, 0.6) is 0 Å². The van der Waals surface area contributed by atoms with Gasteiger partial charge in [0.2, 0.25) is 0 Å². The second-order valence-electron chi connectivity index (χ2n) is 1.69. The van der Waals surface area contributed by atoms with Crippen molar-refractivity contribution in [3.8, 4) is 0 Å². The summed E-state index contributed by atoms with van der Waals surface area (Å²) in [6.07, 6.45) is 0. The third kappa shape index (κ3) is 1.71. The summed E-state index contributed by atoms with van der Waals surface area (Å²) < 4.78 is 0. The molecular weight excluding hydrogens is 131 g/mol. The van der Waals surface area contributed by atoms with Crippen molar-refractivity contribution < 1.29 is 0 Å². The molecule has 1 aromatic heterocycles. The van der Waals surface area contributed by atoms with Gasteiger partial charge in [-0.1, -0.05) is 0 Å². The lowest BCUT2D eigenvalue weighted by Crippen LogP contribution is -1.80. The van der Waals surface area contributed by atoms with Gasteiger partial charge in [0.25, 0.3) is 0 Å². The number of aryl methyl sites for hydroxylation is 2. The first-order chi connectivity index (χ1) is 3.70. The van der Waals surface area contributed by atoms with Crippen LogP contribution in [0.25, 0.3) is 0 Å². The van der Waals surface area contributed by atoms with Crippen LogP contribution in [0.15, 0.2) is 0 Å². The summed E-state index contributed by atoms with van der Waals surface area (Å²) in [5, 5.41) is 0.667. The van der Waals surface area contributed by atoms with Crippen LogP contribution in [0, 0.1) is 13.8 Å². The zero-order chi connectivity index (χ0) is 6.15. The average Bonchev–Trinajstić information content (AvgIpc) is 1.85. The van der Waals surface area contributed by atoms with Gasteiger partial charge in [-0.15, -0.1) is 11.3 Å². The van der Waals surface area contributed by atoms with Crippen LogP contribution in [-0.4, -0.2) is 13.4 Å². The molecule has 1 aromatic rings. The van der Waals surface area contributed by atoms with Crippen LogP contribution in [0.2, 0.25) is 0 Å². The van der Waals surface area contributed by atoms with E-state index in [4.69, 9.17) is 5.73 Å². The van der Waals surface area contributed by atoms with Crippen molar-refractivity contribution in [1.82, 2.24) is 4.98 Å². The van der Waals surface area contributed by atoms with Gasteiger partial charge in [-0.05, 0) is 13.8 Å². The topological polar surface area (TPSA) is 38.9 Å². The van der Waals surface area contributed by atoms with Crippen LogP contribution in [0.3, 0.4) is 0 Å². The summed E-state index contributed by atoms with van der Waals surface area (Å²) in [6.45, 7) is 3.98. The summed E-state index contributed by atoms with van der Waals surface area (Å²) in [5.74, 6) is 0. The van der Waals surface area contributed by atoms with Gasteiger partial charge in [-0.3, -0.25) is 0 Å². The molecule has 0 aliphatic carbocycles. The smallest absolute Gasteiger partial charge is 0.180 e. The zero-order valence-corrected chi connectivity index (χ0v) is 5.75. The molecule has 0 saturated carbocycles. The molecule has 0 bridgehead atoms. The maximum Gasteiger partial charge on any atom is 0.180 e. The van der Waals surface area contributed by atoms with Crippen molar-refractivity contribution in [2.45, 2.75) is 13.8 Å². The quantitative estimate of drug-likeness (QED) is 0.524. The Bertz CT molecular complexity index is 177. The highest BCUT2D eigenvalue weighted by atomic mass is 32.1. The van der Waals surface area contributed by atoms with E-state index in [0.717, 1.165) is 5.69 Å². The Morgan fingerprint density at radius 1 is 1.44 bits per heavy atom. The highest BCUT2D eigenvalue weighted by Crippen LogP contribution is 2.16. The van der Waals surface area contributed by atoms with E-state index < -0.39 is 0 Å². The van der Waals surface area contributed by atoms with Gasteiger partial charge < -0.3 is 5.73 Å². The lowest BCUT2D eigenvalue weighted by molar-refractivity contribution is 1.24. The molecule has 0 radical (unpaired) electrons. The number of aromatic nitrogens is 1. The molecule has 0 atom stereocenters. The minimum Gasteiger partial charge on any atom is -0.375 e. The van der Waals surface area contributed by atoms with Crippen LogP contribution < -0.4 is 5.73 Å². The molecule has 0 aliphatic heterocycles. The lowest BCUT2D eigenvalue weighted by atomic mass is 10.4. The molecule has 0 spiro atoms. The first-order valence-corrected chi connectivity index (χ1v) is 3.21. The Balaban J connectivity index is 0.000000640. The molecule has 1 rings (SSSR count). The first-order valence-electron chi connectivity index (χ1n) is 2.39. The fourth-order valence-electron chi connectivity index (χ4n) is 0.498. The van der Waals surface area contributed by atoms with Crippen LogP contribution in [-0.2, 0) is 0 Å². The van der Waals surface area contributed by atoms with Gasteiger partial charge >= 0.3 is 0 Å². The van der Waals surface area contributed by atoms with Crippen molar-refractivity contribution >= 4 is 24.9 Å². The Morgan fingerprint density at radius 2 is 2.00 bits per heavy atom. The molecule has 9 heavy (non-hydrogen) atoms. The maximum atomic E-state index is 5.39. The van der Waals surface area contributed by atoms with Gasteiger partial charge in [0.15, 0.2) is 5.13 Å². The van der Waals surface area contributed by atoms with Gasteiger partial charge in [0, 0.05) is 4.88 Å². The van der Waals surface area contributed by atoms with Crippen molar-refractivity contribution in [3.05, 3.63) is 10.6 Å². The van der Waals surface area contributed by atoms with E-state index in [2.05, 4.69) is 4.98 Å². The molecular formula is C5H11BN2S. The summed E-state index contributed by atoms with van der Waals surface area (Å²) in [6, 6.07) is 0. The van der Waals surface area contributed by atoms with E-state index in [1.165, 1.54) is 16.2 Å². The number of thiazole rings is 1. The molecule has 2 N–H and O–H groups in total. The monoisotopic (exact) mass is 142 g/mol. The van der Waals surface area contributed by atoms with Crippen molar-refractivity contribution in [3.63, 3.8) is 0 Å². The van der Waals surface area contributed by atoms with Crippen LogP contribution in [0.4, 0.5) is 5.13 Å². The largest absolute Gasteiger partial charge is 0.375 e. The number of nitrogens with two attached hydrogens (primary N) is 1. The predicted molar refractivity (Wildman–Crippen MR) is 45.9 cm³/mol. The van der Waals surface area contributed by atoms with E-state index >= 15 is 0 Å². The summed E-state index contributed by atoms with van der Waals surface area (Å²) >= 11 is 1.54. The Labute approximate surface area is 60.7 Å². The molecule has 4 heteroatoms. The van der Waals surface area contributed by atoms with E-state index in [1.54, 1.807) is 0 Å². The standard InChI is InChI=1S/C5H8N2S.BH3/c1-3-4(2)8-5(6)7-3;/h1-2H3,(H2,6,7);1H3. The second-order valence-corrected chi connectivity index (χ2v) is 2.93. The summed E-state index contributed by atoms with van der Waals surface area (Å²) in [4.78, 5) is 5.22. The lowest BCUT2D eigenvalue weighted by Gasteiger charge is -1.77. The number of anilines is 1. The first kappa shape index (κ1) is 8.49. The third-order valence-electron chi connectivity index (χ3n) is 1.05. The normalized spacial score (nSPS) is 8.67. The molecule has 0 saturated heterocycles. The number of nitrogens with zero attached hydrogens (tertiary/aromatic N) is 1. The zero-order valence-electron chi connectivity index (χ0n) is 4.93. The van der Waals surface area contributed by atoms with Gasteiger partial charge in [0.1, 0.15) is 0 Å². The maximum absolute atomic E-state index is 5.39. The highest BCUT2D eigenvalue weighted by Gasteiger charge is 1.96. The number of hydrogen-bond acceptors (Lipinski definition) is 3. The number of nitrogen functional groups attached to an aromatic ring is 1. The molecule has 0 aromatic carbocycles. The van der Waals surface area contributed by atoms with Crippen LogP contribution >= 0.6 is 11.3 Å². The molecule has 0 unspecified atom stereocenters. The van der Waals surface area contributed by atoms with Crippen LogP contribution in [0.1, 0.15) is 10.6 Å².